The monoisotopic (exact) mass is 468 g/mol. The molecule has 3 aromatic rings. The lowest BCUT2D eigenvalue weighted by molar-refractivity contribution is -0.274. The number of nitrogens with zero attached hydrogens (tertiary/aromatic N) is 3. The van der Waals surface area contributed by atoms with Gasteiger partial charge in [-0.15, -0.1) is 13.2 Å². The first kappa shape index (κ1) is 21.7. The molecule has 2 heterocycles. The van der Waals surface area contributed by atoms with Crippen molar-refractivity contribution in [3.05, 3.63) is 72.9 Å². The number of aromatic nitrogens is 1. The van der Waals surface area contributed by atoms with Crippen LogP contribution in [-0.2, 0) is 4.79 Å². The fourth-order valence-corrected chi connectivity index (χ4v) is 4.33. The highest BCUT2D eigenvalue weighted by Crippen LogP contribution is 2.55. The largest absolute Gasteiger partial charge is 0.573 e. The van der Waals surface area contributed by atoms with Crippen molar-refractivity contribution in [3.8, 4) is 5.75 Å². The fourth-order valence-electron chi connectivity index (χ4n) is 4.33. The molecule has 34 heavy (non-hydrogen) atoms. The first-order valence-corrected chi connectivity index (χ1v) is 10.5. The molecule has 2 aromatic carbocycles. The van der Waals surface area contributed by atoms with Gasteiger partial charge in [-0.05, 0) is 54.8 Å². The topological polar surface area (TPSA) is 74.8 Å². The van der Waals surface area contributed by atoms with Gasteiger partial charge in [0.2, 0.25) is 0 Å². The van der Waals surface area contributed by atoms with E-state index < -0.39 is 29.6 Å². The van der Waals surface area contributed by atoms with Gasteiger partial charge in [-0.3, -0.25) is 9.69 Å². The molecule has 2 unspecified atom stereocenters. The predicted molar refractivity (Wildman–Crippen MR) is 119 cm³/mol. The number of anilines is 4. The van der Waals surface area contributed by atoms with E-state index in [1.807, 2.05) is 37.3 Å². The Morgan fingerprint density at radius 1 is 1.03 bits per heavy atom. The number of amides is 3. The lowest BCUT2D eigenvalue weighted by Gasteiger charge is -2.22. The standard InChI is InChI=1S/C24H19F3N4O3/c1-15-14-23(15)21(32)30(17-7-9-19(10-8-17)34-24(25,26)27)22(33)31(23)18-11-12-28-20(13-18)29-16-5-3-2-4-6-16/h2-13,15H,14H2,1H3,(H,28,29). The van der Waals surface area contributed by atoms with E-state index in [4.69, 9.17) is 0 Å². The number of hydrogen-bond donors (Lipinski definition) is 1. The lowest BCUT2D eigenvalue weighted by atomic mass is 10.1. The van der Waals surface area contributed by atoms with Crippen LogP contribution in [0.4, 0.5) is 40.8 Å². The second kappa shape index (κ2) is 7.75. The van der Waals surface area contributed by atoms with Crippen molar-refractivity contribution in [2.75, 3.05) is 15.1 Å². The molecule has 10 heteroatoms. The Morgan fingerprint density at radius 2 is 1.71 bits per heavy atom. The Balaban J connectivity index is 1.46. The zero-order chi connectivity index (χ0) is 24.1. The van der Waals surface area contributed by atoms with E-state index in [1.165, 1.54) is 17.0 Å². The van der Waals surface area contributed by atoms with E-state index in [1.54, 1.807) is 18.3 Å². The van der Waals surface area contributed by atoms with E-state index in [9.17, 15) is 22.8 Å². The van der Waals surface area contributed by atoms with Crippen molar-refractivity contribution < 1.29 is 27.5 Å². The van der Waals surface area contributed by atoms with Crippen LogP contribution in [0.25, 0.3) is 0 Å². The minimum Gasteiger partial charge on any atom is -0.406 e. The first-order valence-electron chi connectivity index (χ1n) is 10.5. The van der Waals surface area contributed by atoms with Gasteiger partial charge in [-0.2, -0.15) is 0 Å². The molecule has 5 rings (SSSR count). The van der Waals surface area contributed by atoms with Gasteiger partial charge in [-0.1, -0.05) is 25.1 Å². The predicted octanol–water partition coefficient (Wildman–Crippen LogP) is 5.48. The Labute approximate surface area is 192 Å². The number of ether oxygens (including phenoxy) is 1. The minimum atomic E-state index is -4.84. The van der Waals surface area contributed by atoms with Crippen LogP contribution in [0.3, 0.4) is 0 Å². The summed E-state index contributed by atoms with van der Waals surface area (Å²) in [7, 11) is 0. The summed E-state index contributed by atoms with van der Waals surface area (Å²) in [5, 5.41) is 3.17. The molecule has 0 bridgehead atoms. The summed E-state index contributed by atoms with van der Waals surface area (Å²) in [4.78, 5) is 33.6. The molecule has 1 aliphatic heterocycles. The maximum Gasteiger partial charge on any atom is 0.573 e. The first-order chi connectivity index (χ1) is 16.2. The minimum absolute atomic E-state index is 0.0829. The molecule has 2 aliphatic rings. The third-order valence-corrected chi connectivity index (χ3v) is 6.00. The maximum atomic E-state index is 13.5. The Bertz CT molecular complexity index is 1250. The molecular formula is C24H19F3N4O3. The molecule has 1 spiro atoms. The van der Waals surface area contributed by atoms with Crippen LogP contribution >= 0.6 is 0 Å². The summed E-state index contributed by atoms with van der Waals surface area (Å²) in [6, 6.07) is 16.8. The number of carbonyl (C=O) groups excluding carboxylic acids is 2. The van der Waals surface area contributed by atoms with Crippen LogP contribution in [0.15, 0.2) is 72.9 Å². The molecule has 2 atom stereocenters. The van der Waals surface area contributed by atoms with Gasteiger partial charge in [0.15, 0.2) is 0 Å². The zero-order valence-electron chi connectivity index (χ0n) is 17.9. The summed E-state index contributed by atoms with van der Waals surface area (Å²) in [5.41, 5.74) is 0.440. The fraction of sp³-hybridized carbons (Fsp3) is 0.208. The van der Waals surface area contributed by atoms with Crippen LogP contribution < -0.4 is 19.9 Å². The van der Waals surface area contributed by atoms with Crippen LogP contribution in [0.1, 0.15) is 13.3 Å². The molecule has 1 saturated carbocycles. The molecule has 174 valence electrons. The average molecular weight is 468 g/mol. The van der Waals surface area contributed by atoms with Crippen LogP contribution in [0, 0.1) is 5.92 Å². The van der Waals surface area contributed by atoms with Crippen LogP contribution in [0.5, 0.6) is 5.75 Å². The van der Waals surface area contributed by atoms with Gasteiger partial charge in [0.25, 0.3) is 5.91 Å². The Hall–Kier alpha value is -4.08. The summed E-state index contributed by atoms with van der Waals surface area (Å²) < 4.78 is 41.3. The number of alkyl halides is 3. The quantitative estimate of drug-likeness (QED) is 0.503. The number of pyridine rings is 1. The van der Waals surface area contributed by atoms with E-state index in [0.717, 1.165) is 22.7 Å². The van der Waals surface area contributed by atoms with Crippen molar-refractivity contribution in [1.29, 1.82) is 0 Å². The van der Waals surface area contributed by atoms with E-state index in [0.29, 0.717) is 17.9 Å². The molecule has 1 N–H and O–H groups in total. The number of rotatable bonds is 5. The Kier molecular flexibility index (Phi) is 4.96. The van der Waals surface area contributed by atoms with Crippen molar-refractivity contribution in [3.63, 3.8) is 0 Å². The number of para-hydroxylation sites is 1. The molecule has 1 aliphatic carbocycles. The SMILES string of the molecule is CC1CC12C(=O)N(c1ccc(OC(F)(F)F)cc1)C(=O)N2c1ccnc(Nc2ccccc2)c1. The Morgan fingerprint density at radius 3 is 2.32 bits per heavy atom. The number of hydrogen-bond acceptors (Lipinski definition) is 5. The molecular weight excluding hydrogens is 449 g/mol. The van der Waals surface area contributed by atoms with Crippen molar-refractivity contribution >= 4 is 34.8 Å². The number of halogens is 3. The number of benzene rings is 2. The highest BCUT2D eigenvalue weighted by molar-refractivity contribution is 6.32. The van der Waals surface area contributed by atoms with E-state index >= 15 is 0 Å². The normalized spacial score (nSPS) is 21.8. The van der Waals surface area contributed by atoms with Crippen molar-refractivity contribution in [2.45, 2.75) is 25.2 Å². The highest BCUT2D eigenvalue weighted by Gasteiger charge is 2.70. The van der Waals surface area contributed by atoms with Crippen molar-refractivity contribution in [1.82, 2.24) is 4.98 Å². The number of carbonyl (C=O) groups is 2. The van der Waals surface area contributed by atoms with Gasteiger partial charge >= 0.3 is 12.4 Å². The molecule has 3 amide bonds. The van der Waals surface area contributed by atoms with Gasteiger partial charge < -0.3 is 10.1 Å². The lowest BCUT2D eigenvalue weighted by Crippen LogP contribution is -2.39. The summed E-state index contributed by atoms with van der Waals surface area (Å²) >= 11 is 0. The number of urea groups is 1. The maximum absolute atomic E-state index is 13.5. The summed E-state index contributed by atoms with van der Waals surface area (Å²) in [5.74, 6) is -0.434. The van der Waals surface area contributed by atoms with E-state index in [-0.39, 0.29) is 11.6 Å². The molecule has 1 saturated heterocycles. The zero-order valence-corrected chi connectivity index (χ0v) is 17.9. The number of nitrogens with one attached hydrogen (secondary N) is 1. The molecule has 0 radical (unpaired) electrons. The van der Waals surface area contributed by atoms with Crippen molar-refractivity contribution in [2.24, 2.45) is 5.92 Å². The third-order valence-electron chi connectivity index (χ3n) is 6.00. The van der Waals surface area contributed by atoms with Crippen LogP contribution in [0.2, 0.25) is 0 Å². The second-order valence-corrected chi connectivity index (χ2v) is 8.22. The summed E-state index contributed by atoms with van der Waals surface area (Å²) in [6.45, 7) is 1.88. The van der Waals surface area contributed by atoms with Crippen LogP contribution in [-0.4, -0.2) is 28.8 Å². The van der Waals surface area contributed by atoms with Gasteiger partial charge in [0.1, 0.15) is 17.1 Å². The molecule has 2 fully saturated rings. The smallest absolute Gasteiger partial charge is 0.406 e. The highest BCUT2D eigenvalue weighted by atomic mass is 19.4. The third kappa shape index (κ3) is 3.70. The second-order valence-electron chi connectivity index (χ2n) is 8.22. The summed E-state index contributed by atoms with van der Waals surface area (Å²) in [6.07, 6.45) is -2.81. The van der Waals surface area contributed by atoms with Gasteiger partial charge in [-0.25, -0.2) is 14.7 Å². The molecule has 1 aromatic heterocycles. The molecule has 7 nitrogen and oxygen atoms in total. The van der Waals surface area contributed by atoms with E-state index in [2.05, 4.69) is 15.0 Å². The van der Waals surface area contributed by atoms with Gasteiger partial charge in [0, 0.05) is 18.0 Å². The number of imide groups is 1. The average Bonchev–Trinajstić information content (AvgIpc) is 3.40. The van der Waals surface area contributed by atoms with Gasteiger partial charge in [0.05, 0.1) is 11.4 Å².